The number of fused-ring (bicyclic) bond motifs is 1. The van der Waals surface area contributed by atoms with Crippen molar-refractivity contribution in [3.8, 4) is 0 Å². The van der Waals surface area contributed by atoms with Crippen LogP contribution < -0.4 is 21.5 Å². The number of anilines is 1. The van der Waals surface area contributed by atoms with Gasteiger partial charge in [0.05, 0.1) is 10.9 Å². The van der Waals surface area contributed by atoms with E-state index in [-0.39, 0.29) is 41.5 Å². The SMILES string of the molecule is O=C(NCCC(=O)N1CCN(c2ccccc2)CC1)c1cnc2c(c1)c(=O)[nH]c(=O)n2C1CC1. The number of carbonyl (C=O) groups excluding carboxylic acids is 2. The highest BCUT2D eigenvalue weighted by Crippen LogP contribution is 2.34. The second-order valence-corrected chi connectivity index (χ2v) is 8.66. The maximum absolute atomic E-state index is 12.6. The lowest BCUT2D eigenvalue weighted by atomic mass is 10.2. The number of para-hydroxylation sites is 1. The summed E-state index contributed by atoms with van der Waals surface area (Å²) < 4.78 is 1.48. The van der Waals surface area contributed by atoms with Crippen molar-refractivity contribution in [3.63, 3.8) is 0 Å². The molecule has 0 radical (unpaired) electrons. The molecule has 2 fully saturated rings. The van der Waals surface area contributed by atoms with Crippen LogP contribution in [0.15, 0.2) is 52.2 Å². The summed E-state index contributed by atoms with van der Waals surface area (Å²) in [6.07, 6.45) is 3.28. The molecule has 1 aliphatic heterocycles. The Kier molecular flexibility index (Phi) is 5.87. The zero-order chi connectivity index (χ0) is 23.7. The van der Waals surface area contributed by atoms with Crippen LogP contribution in [0.5, 0.6) is 0 Å². The number of benzene rings is 1. The van der Waals surface area contributed by atoms with Gasteiger partial charge in [-0.15, -0.1) is 0 Å². The van der Waals surface area contributed by atoms with Crippen molar-refractivity contribution in [2.75, 3.05) is 37.6 Å². The molecule has 10 nitrogen and oxygen atoms in total. The highest BCUT2D eigenvalue weighted by Gasteiger charge is 2.28. The predicted octanol–water partition coefficient (Wildman–Crippen LogP) is 0.888. The summed E-state index contributed by atoms with van der Waals surface area (Å²) >= 11 is 0. The number of carbonyl (C=O) groups is 2. The number of rotatable bonds is 6. The number of piperazine rings is 1. The number of hydrogen-bond acceptors (Lipinski definition) is 6. The third kappa shape index (κ3) is 4.43. The molecule has 0 unspecified atom stereocenters. The van der Waals surface area contributed by atoms with E-state index in [1.807, 2.05) is 23.1 Å². The Hall–Kier alpha value is -3.95. The summed E-state index contributed by atoms with van der Waals surface area (Å²) in [5.41, 5.74) is 0.607. The van der Waals surface area contributed by atoms with E-state index in [4.69, 9.17) is 0 Å². The molecular weight excluding hydrogens is 436 g/mol. The summed E-state index contributed by atoms with van der Waals surface area (Å²) in [7, 11) is 0. The molecular formula is C24H26N6O4. The zero-order valence-corrected chi connectivity index (χ0v) is 18.7. The Bertz CT molecular complexity index is 1340. The van der Waals surface area contributed by atoms with Crippen LogP contribution >= 0.6 is 0 Å². The molecule has 5 rings (SSSR count). The standard InChI is InChI=1S/C24H26N6O4/c31-20(29-12-10-28(11-13-29)17-4-2-1-3-5-17)8-9-25-22(32)16-14-19-21(26-15-16)30(18-6-7-18)24(34)27-23(19)33/h1-5,14-15,18H,6-13H2,(H,25,32)(H,27,33,34). The quantitative estimate of drug-likeness (QED) is 0.561. The van der Waals surface area contributed by atoms with Gasteiger partial charge >= 0.3 is 5.69 Å². The van der Waals surface area contributed by atoms with Gasteiger partial charge < -0.3 is 15.1 Å². The molecule has 3 aromatic rings. The van der Waals surface area contributed by atoms with E-state index < -0.39 is 17.2 Å². The predicted molar refractivity (Wildman–Crippen MR) is 127 cm³/mol. The average Bonchev–Trinajstić information content (AvgIpc) is 3.69. The van der Waals surface area contributed by atoms with E-state index >= 15 is 0 Å². The summed E-state index contributed by atoms with van der Waals surface area (Å²) in [5, 5.41) is 2.93. The van der Waals surface area contributed by atoms with Crippen molar-refractivity contribution >= 4 is 28.5 Å². The number of aromatic nitrogens is 3. The molecule has 1 aliphatic carbocycles. The average molecular weight is 463 g/mol. The molecule has 3 heterocycles. The van der Waals surface area contributed by atoms with Crippen molar-refractivity contribution in [2.45, 2.75) is 25.3 Å². The first-order chi connectivity index (χ1) is 16.5. The van der Waals surface area contributed by atoms with Gasteiger partial charge in [-0.05, 0) is 31.0 Å². The van der Waals surface area contributed by atoms with Crippen LogP contribution in [0, 0.1) is 0 Å². The minimum atomic E-state index is -0.566. The zero-order valence-electron chi connectivity index (χ0n) is 18.7. The van der Waals surface area contributed by atoms with Crippen LogP contribution in [0.25, 0.3) is 11.0 Å². The number of pyridine rings is 1. The summed E-state index contributed by atoms with van der Waals surface area (Å²) in [5.74, 6) is -0.422. The van der Waals surface area contributed by atoms with E-state index in [1.54, 1.807) is 0 Å². The van der Waals surface area contributed by atoms with Crippen molar-refractivity contribution in [2.24, 2.45) is 0 Å². The number of H-pyrrole nitrogens is 1. The molecule has 0 spiro atoms. The van der Waals surface area contributed by atoms with Crippen molar-refractivity contribution in [1.82, 2.24) is 24.8 Å². The maximum Gasteiger partial charge on any atom is 0.330 e. The van der Waals surface area contributed by atoms with Crippen LogP contribution in [-0.2, 0) is 4.79 Å². The van der Waals surface area contributed by atoms with Gasteiger partial charge in [0.25, 0.3) is 11.5 Å². The van der Waals surface area contributed by atoms with Crippen LogP contribution in [0.4, 0.5) is 5.69 Å². The highest BCUT2D eigenvalue weighted by molar-refractivity contribution is 5.96. The third-order valence-electron chi connectivity index (χ3n) is 6.33. The molecule has 34 heavy (non-hydrogen) atoms. The van der Waals surface area contributed by atoms with E-state index in [1.165, 1.54) is 16.8 Å². The lowest BCUT2D eigenvalue weighted by Gasteiger charge is -2.36. The molecule has 176 valence electrons. The molecule has 2 aromatic heterocycles. The molecule has 0 atom stereocenters. The first-order valence-corrected chi connectivity index (χ1v) is 11.5. The Morgan fingerprint density at radius 3 is 2.50 bits per heavy atom. The van der Waals surface area contributed by atoms with E-state index in [0.717, 1.165) is 31.6 Å². The molecule has 2 N–H and O–H groups in total. The Morgan fingerprint density at radius 2 is 1.79 bits per heavy atom. The molecule has 1 aromatic carbocycles. The largest absolute Gasteiger partial charge is 0.368 e. The van der Waals surface area contributed by atoms with Gasteiger partial charge in [0, 0.05) is 57.1 Å². The van der Waals surface area contributed by atoms with E-state index in [2.05, 4.69) is 32.3 Å². The summed E-state index contributed by atoms with van der Waals surface area (Å²) in [4.78, 5) is 60.2. The van der Waals surface area contributed by atoms with Gasteiger partial charge in [-0.1, -0.05) is 18.2 Å². The van der Waals surface area contributed by atoms with Crippen LogP contribution in [-0.4, -0.2) is 64.0 Å². The van der Waals surface area contributed by atoms with Gasteiger partial charge in [-0.3, -0.25) is 23.9 Å². The Morgan fingerprint density at radius 1 is 1.06 bits per heavy atom. The fourth-order valence-corrected chi connectivity index (χ4v) is 4.33. The van der Waals surface area contributed by atoms with Crippen LogP contribution in [0.1, 0.15) is 35.7 Å². The van der Waals surface area contributed by atoms with Crippen molar-refractivity contribution in [3.05, 3.63) is 69.0 Å². The second kappa shape index (κ2) is 9.12. The topological polar surface area (TPSA) is 120 Å². The Labute approximate surface area is 195 Å². The lowest BCUT2D eigenvalue weighted by Crippen LogP contribution is -2.49. The maximum atomic E-state index is 12.6. The molecule has 10 heteroatoms. The second-order valence-electron chi connectivity index (χ2n) is 8.66. The molecule has 2 amide bonds. The summed E-state index contributed by atoms with van der Waals surface area (Å²) in [6, 6.07) is 11.6. The van der Waals surface area contributed by atoms with Crippen molar-refractivity contribution < 1.29 is 9.59 Å². The van der Waals surface area contributed by atoms with Gasteiger partial charge in [0.2, 0.25) is 5.91 Å². The third-order valence-corrected chi connectivity index (χ3v) is 6.33. The van der Waals surface area contributed by atoms with Crippen LogP contribution in [0.2, 0.25) is 0 Å². The van der Waals surface area contributed by atoms with E-state index in [0.29, 0.717) is 13.1 Å². The van der Waals surface area contributed by atoms with E-state index in [9.17, 15) is 19.2 Å². The van der Waals surface area contributed by atoms with Gasteiger partial charge in [0.15, 0.2) is 0 Å². The number of nitrogens with one attached hydrogen (secondary N) is 2. The minimum Gasteiger partial charge on any atom is -0.368 e. The molecule has 1 saturated heterocycles. The first kappa shape index (κ1) is 21.9. The smallest absolute Gasteiger partial charge is 0.330 e. The van der Waals surface area contributed by atoms with Gasteiger partial charge in [-0.2, -0.15) is 0 Å². The normalized spacial score (nSPS) is 16.0. The highest BCUT2D eigenvalue weighted by atomic mass is 16.2. The molecule has 2 aliphatic rings. The fraction of sp³-hybridized carbons (Fsp3) is 0.375. The van der Waals surface area contributed by atoms with Crippen LogP contribution in [0.3, 0.4) is 0 Å². The minimum absolute atomic E-state index is 0.00505. The van der Waals surface area contributed by atoms with Crippen molar-refractivity contribution in [1.29, 1.82) is 0 Å². The number of hydrogen-bond donors (Lipinski definition) is 2. The molecule has 0 bridgehead atoms. The number of nitrogens with zero attached hydrogens (tertiary/aromatic N) is 4. The monoisotopic (exact) mass is 462 g/mol. The van der Waals surface area contributed by atoms with Gasteiger partial charge in [-0.25, -0.2) is 9.78 Å². The van der Waals surface area contributed by atoms with Gasteiger partial charge in [0.1, 0.15) is 5.65 Å². The first-order valence-electron chi connectivity index (χ1n) is 11.5. The Balaban J connectivity index is 1.16. The summed E-state index contributed by atoms with van der Waals surface area (Å²) in [6.45, 7) is 3.01. The number of aromatic amines is 1. The fourth-order valence-electron chi connectivity index (χ4n) is 4.33. The number of amides is 2. The molecule has 1 saturated carbocycles. The lowest BCUT2D eigenvalue weighted by molar-refractivity contribution is -0.131.